The first-order valence-corrected chi connectivity index (χ1v) is 11.5. The van der Waals surface area contributed by atoms with Gasteiger partial charge in [-0.1, -0.05) is 30.3 Å². The molecular formula is C23H32N2O2S. The first-order valence-electron chi connectivity index (χ1n) is 10.0. The third kappa shape index (κ3) is 3.63. The van der Waals surface area contributed by atoms with Crippen LogP contribution in [0.2, 0.25) is 0 Å². The molecule has 1 atom stereocenters. The highest BCUT2D eigenvalue weighted by molar-refractivity contribution is 7.89. The predicted octanol–water partition coefficient (Wildman–Crippen LogP) is 4.30. The quantitative estimate of drug-likeness (QED) is 0.768. The lowest BCUT2D eigenvalue weighted by Crippen LogP contribution is -2.49. The van der Waals surface area contributed by atoms with E-state index in [1.165, 1.54) is 11.1 Å². The molecule has 0 N–H and O–H groups in total. The topological polar surface area (TPSA) is 40.6 Å². The largest absolute Gasteiger partial charge is 0.294 e. The highest BCUT2D eigenvalue weighted by Crippen LogP contribution is 2.32. The Morgan fingerprint density at radius 3 is 1.71 bits per heavy atom. The van der Waals surface area contributed by atoms with Gasteiger partial charge in [0.2, 0.25) is 10.0 Å². The molecule has 152 valence electrons. The number of hydrogen-bond donors (Lipinski definition) is 0. The molecule has 0 spiro atoms. The van der Waals surface area contributed by atoms with Crippen molar-refractivity contribution in [2.45, 2.75) is 52.5 Å². The average molecular weight is 401 g/mol. The summed E-state index contributed by atoms with van der Waals surface area (Å²) in [6, 6.07) is 10.7. The van der Waals surface area contributed by atoms with E-state index in [0.717, 1.165) is 35.3 Å². The lowest BCUT2D eigenvalue weighted by atomic mass is 9.95. The number of benzene rings is 2. The molecule has 0 bridgehead atoms. The molecule has 0 amide bonds. The zero-order valence-electron chi connectivity index (χ0n) is 17.9. The zero-order valence-corrected chi connectivity index (χ0v) is 18.7. The summed E-state index contributed by atoms with van der Waals surface area (Å²) in [7, 11) is -3.49. The summed E-state index contributed by atoms with van der Waals surface area (Å²) in [5.41, 5.74) is 6.41. The Balaban J connectivity index is 1.83. The van der Waals surface area contributed by atoms with Crippen molar-refractivity contribution in [2.24, 2.45) is 0 Å². The summed E-state index contributed by atoms with van der Waals surface area (Å²) in [4.78, 5) is 2.88. The standard InChI is InChI=1S/C23H32N2O2S/c1-16-17(2)19(4)23(20(5)18(16)3)28(26,27)25-14-12-24(13-15-25)21(6)22-10-8-7-9-11-22/h7-11,21H,12-15H2,1-6H3. The van der Waals surface area contributed by atoms with E-state index in [2.05, 4.69) is 43.0 Å². The van der Waals surface area contributed by atoms with Crippen LogP contribution in [0.4, 0.5) is 0 Å². The van der Waals surface area contributed by atoms with Gasteiger partial charge in [0.15, 0.2) is 0 Å². The molecule has 1 aliphatic rings. The average Bonchev–Trinajstić information content (AvgIpc) is 2.71. The van der Waals surface area contributed by atoms with Gasteiger partial charge < -0.3 is 0 Å². The molecule has 2 aromatic rings. The summed E-state index contributed by atoms with van der Waals surface area (Å²) in [5, 5.41) is 0. The van der Waals surface area contributed by atoms with E-state index in [1.54, 1.807) is 4.31 Å². The van der Waals surface area contributed by atoms with Crippen molar-refractivity contribution in [3.63, 3.8) is 0 Å². The van der Waals surface area contributed by atoms with Crippen molar-refractivity contribution in [1.29, 1.82) is 0 Å². The molecule has 0 aromatic heterocycles. The lowest BCUT2D eigenvalue weighted by molar-refractivity contribution is 0.146. The van der Waals surface area contributed by atoms with Crippen molar-refractivity contribution in [3.05, 3.63) is 63.7 Å². The SMILES string of the molecule is Cc1c(C)c(C)c(S(=O)(=O)N2CCN(C(C)c3ccccc3)CC2)c(C)c1C. The van der Waals surface area contributed by atoms with Crippen LogP contribution in [0.1, 0.15) is 46.3 Å². The maximum Gasteiger partial charge on any atom is 0.243 e. The van der Waals surface area contributed by atoms with Crippen LogP contribution in [0.15, 0.2) is 35.2 Å². The second-order valence-electron chi connectivity index (χ2n) is 7.98. The number of nitrogens with zero attached hydrogens (tertiary/aromatic N) is 2. The summed E-state index contributed by atoms with van der Waals surface area (Å²) >= 11 is 0. The van der Waals surface area contributed by atoms with Gasteiger partial charge >= 0.3 is 0 Å². The molecule has 2 aromatic carbocycles. The Labute approximate surface area is 170 Å². The van der Waals surface area contributed by atoms with E-state index in [-0.39, 0.29) is 0 Å². The zero-order chi connectivity index (χ0) is 20.6. The third-order valence-electron chi connectivity index (χ3n) is 6.63. The molecule has 0 saturated carbocycles. The van der Waals surface area contributed by atoms with Gasteiger partial charge in [-0.3, -0.25) is 4.90 Å². The van der Waals surface area contributed by atoms with Gasteiger partial charge in [-0.05, 0) is 74.9 Å². The fourth-order valence-electron chi connectivity index (χ4n) is 4.26. The minimum atomic E-state index is -3.49. The molecule has 4 nitrogen and oxygen atoms in total. The van der Waals surface area contributed by atoms with Crippen molar-refractivity contribution < 1.29 is 8.42 Å². The fraction of sp³-hybridized carbons (Fsp3) is 0.478. The van der Waals surface area contributed by atoms with Crippen LogP contribution in [0.25, 0.3) is 0 Å². The van der Waals surface area contributed by atoms with Gasteiger partial charge in [0, 0.05) is 32.2 Å². The molecule has 1 heterocycles. The van der Waals surface area contributed by atoms with Crippen LogP contribution >= 0.6 is 0 Å². The normalized spacial score (nSPS) is 17.6. The Bertz CT molecular complexity index is 931. The second-order valence-corrected chi connectivity index (χ2v) is 9.86. The fourth-order valence-corrected chi connectivity index (χ4v) is 6.24. The van der Waals surface area contributed by atoms with E-state index in [0.29, 0.717) is 24.0 Å². The molecule has 3 rings (SSSR count). The molecule has 0 aliphatic carbocycles. The number of piperazine rings is 1. The van der Waals surface area contributed by atoms with E-state index >= 15 is 0 Å². The van der Waals surface area contributed by atoms with Crippen molar-refractivity contribution in [3.8, 4) is 0 Å². The Kier molecular flexibility index (Phi) is 5.99. The van der Waals surface area contributed by atoms with E-state index < -0.39 is 10.0 Å². The first kappa shape index (κ1) is 21.0. The molecule has 1 unspecified atom stereocenters. The highest BCUT2D eigenvalue weighted by atomic mass is 32.2. The summed E-state index contributed by atoms with van der Waals surface area (Å²) in [5.74, 6) is 0. The third-order valence-corrected chi connectivity index (χ3v) is 8.81. The van der Waals surface area contributed by atoms with Crippen LogP contribution in [-0.4, -0.2) is 43.8 Å². The van der Waals surface area contributed by atoms with Gasteiger partial charge in [-0.2, -0.15) is 4.31 Å². The van der Waals surface area contributed by atoms with Crippen LogP contribution in [0.3, 0.4) is 0 Å². The Morgan fingerprint density at radius 1 is 0.750 bits per heavy atom. The van der Waals surface area contributed by atoms with Gasteiger partial charge in [-0.15, -0.1) is 0 Å². The maximum atomic E-state index is 13.5. The van der Waals surface area contributed by atoms with Gasteiger partial charge in [-0.25, -0.2) is 8.42 Å². The minimum Gasteiger partial charge on any atom is -0.294 e. The molecule has 5 heteroatoms. The van der Waals surface area contributed by atoms with Crippen molar-refractivity contribution in [1.82, 2.24) is 9.21 Å². The van der Waals surface area contributed by atoms with Gasteiger partial charge in [0.05, 0.1) is 4.90 Å². The lowest BCUT2D eigenvalue weighted by Gasteiger charge is -2.38. The highest BCUT2D eigenvalue weighted by Gasteiger charge is 2.33. The molecule has 0 radical (unpaired) electrons. The maximum absolute atomic E-state index is 13.5. The summed E-state index contributed by atoms with van der Waals surface area (Å²) in [6.07, 6.45) is 0. The van der Waals surface area contributed by atoms with Gasteiger partial charge in [0.25, 0.3) is 0 Å². The molecular weight excluding hydrogens is 368 g/mol. The molecule has 1 saturated heterocycles. The van der Waals surface area contributed by atoms with Crippen molar-refractivity contribution >= 4 is 10.0 Å². The van der Waals surface area contributed by atoms with Crippen LogP contribution < -0.4 is 0 Å². The Hall–Kier alpha value is -1.69. The van der Waals surface area contributed by atoms with Crippen LogP contribution in [-0.2, 0) is 10.0 Å². The van der Waals surface area contributed by atoms with E-state index in [9.17, 15) is 8.42 Å². The second kappa shape index (κ2) is 7.97. The molecule has 1 fully saturated rings. The minimum absolute atomic E-state index is 0.290. The molecule has 28 heavy (non-hydrogen) atoms. The summed E-state index contributed by atoms with van der Waals surface area (Å²) < 4.78 is 28.7. The smallest absolute Gasteiger partial charge is 0.243 e. The monoisotopic (exact) mass is 400 g/mol. The van der Waals surface area contributed by atoms with Crippen LogP contribution in [0, 0.1) is 34.6 Å². The van der Waals surface area contributed by atoms with Crippen LogP contribution in [0.5, 0.6) is 0 Å². The summed E-state index contributed by atoms with van der Waals surface area (Å²) in [6.45, 7) is 14.8. The predicted molar refractivity (Wildman–Crippen MR) is 115 cm³/mol. The van der Waals surface area contributed by atoms with Crippen molar-refractivity contribution in [2.75, 3.05) is 26.2 Å². The first-order chi connectivity index (χ1) is 13.2. The number of rotatable bonds is 4. The number of hydrogen-bond acceptors (Lipinski definition) is 3. The Morgan fingerprint density at radius 2 is 1.21 bits per heavy atom. The molecule has 1 aliphatic heterocycles. The van der Waals surface area contributed by atoms with E-state index in [4.69, 9.17) is 0 Å². The number of sulfonamides is 1. The van der Waals surface area contributed by atoms with Gasteiger partial charge in [0.1, 0.15) is 0 Å². The van der Waals surface area contributed by atoms with E-state index in [1.807, 2.05) is 33.8 Å².